The van der Waals surface area contributed by atoms with Gasteiger partial charge in [0, 0.05) is 55.9 Å². The summed E-state index contributed by atoms with van der Waals surface area (Å²) in [5, 5.41) is 2.42. The molecule has 0 bridgehead atoms. The summed E-state index contributed by atoms with van der Waals surface area (Å²) in [6.45, 7) is 2.37. The Morgan fingerprint density at radius 2 is 0.913 bits per heavy atom. The molecule has 2 aliphatic carbocycles. The Balaban J connectivity index is 1.06. The van der Waals surface area contributed by atoms with Crippen LogP contribution in [0.4, 0.5) is 0 Å². The van der Waals surface area contributed by atoms with Crippen molar-refractivity contribution in [3.05, 3.63) is 235 Å². The third kappa shape index (κ3) is 7.05. The molecule has 3 heterocycles. The summed E-state index contributed by atoms with van der Waals surface area (Å²) in [6.07, 6.45) is 12.5. The molecular weight excluding hydrogens is 839 g/mol. The molecule has 5 heteroatoms. The van der Waals surface area contributed by atoms with E-state index in [0.29, 0.717) is 23.4 Å². The van der Waals surface area contributed by atoms with Crippen LogP contribution in [0.25, 0.3) is 113 Å². The van der Waals surface area contributed by atoms with Crippen molar-refractivity contribution < 1.29 is 0 Å². The largest absolute Gasteiger partial charge is 0.312 e. The molecule has 8 aromatic carbocycles. The van der Waals surface area contributed by atoms with E-state index in [1.807, 2.05) is 0 Å². The molecule has 0 saturated carbocycles. The Morgan fingerprint density at radius 1 is 0.420 bits per heavy atom. The number of hydrogen-bond donors (Lipinski definition) is 0. The predicted octanol–water partition coefficient (Wildman–Crippen LogP) is 16.2. The van der Waals surface area contributed by atoms with Crippen LogP contribution in [0, 0.1) is 0 Å². The fourth-order valence-electron chi connectivity index (χ4n) is 10.8. The van der Waals surface area contributed by atoms with Crippen LogP contribution in [-0.4, -0.2) is 24.1 Å². The van der Waals surface area contributed by atoms with Gasteiger partial charge in [0.15, 0.2) is 17.5 Å². The van der Waals surface area contributed by atoms with E-state index in [0.717, 1.165) is 86.2 Å². The first-order valence-electron chi connectivity index (χ1n) is 24.1. The van der Waals surface area contributed by atoms with E-state index in [9.17, 15) is 0 Å². The number of fused-ring (bicyclic) bond motifs is 6. The molecule has 328 valence electrons. The fourth-order valence-corrected chi connectivity index (χ4v) is 10.8. The summed E-state index contributed by atoms with van der Waals surface area (Å²) in [5.41, 5.74) is 19.5. The average molecular weight is 886 g/mol. The van der Waals surface area contributed by atoms with Gasteiger partial charge in [-0.15, -0.1) is 0 Å². The molecule has 0 radical (unpaired) electrons. The number of rotatable bonds is 8. The maximum Gasteiger partial charge on any atom is 0.164 e. The second-order valence-electron chi connectivity index (χ2n) is 18.3. The van der Waals surface area contributed by atoms with Crippen molar-refractivity contribution in [3.8, 4) is 78.9 Å². The summed E-state index contributed by atoms with van der Waals surface area (Å²) >= 11 is 0. The third-order valence-corrected chi connectivity index (χ3v) is 14.1. The van der Waals surface area contributed by atoms with Crippen LogP contribution in [0.2, 0.25) is 0 Å². The van der Waals surface area contributed by atoms with Crippen molar-refractivity contribution in [3.63, 3.8) is 0 Å². The van der Waals surface area contributed by atoms with E-state index < -0.39 is 0 Å². The number of allylic oxidation sites excluding steroid dienone is 2. The highest BCUT2D eigenvalue weighted by Crippen LogP contribution is 2.44. The maximum absolute atomic E-state index is 5.48. The van der Waals surface area contributed by atoms with Crippen LogP contribution in [0.3, 0.4) is 0 Å². The Kier molecular flexibility index (Phi) is 9.94. The van der Waals surface area contributed by atoms with Gasteiger partial charge in [-0.05, 0) is 89.1 Å². The lowest BCUT2D eigenvalue weighted by Gasteiger charge is -2.23. The van der Waals surface area contributed by atoms with Gasteiger partial charge in [-0.1, -0.05) is 195 Å². The van der Waals surface area contributed by atoms with Crippen molar-refractivity contribution in [1.82, 2.24) is 24.1 Å². The highest BCUT2D eigenvalue weighted by Gasteiger charge is 2.29. The lowest BCUT2D eigenvalue weighted by Crippen LogP contribution is -2.10. The Labute approximate surface area is 402 Å². The lowest BCUT2D eigenvalue weighted by molar-refractivity contribution is 0.717. The van der Waals surface area contributed by atoms with E-state index in [1.165, 1.54) is 38.9 Å². The Morgan fingerprint density at radius 3 is 1.51 bits per heavy atom. The number of para-hydroxylation sites is 2. The molecule has 0 aliphatic heterocycles. The first kappa shape index (κ1) is 40.6. The molecule has 0 N–H and O–H groups in total. The van der Waals surface area contributed by atoms with Gasteiger partial charge in [-0.3, -0.25) is 0 Å². The van der Waals surface area contributed by atoms with E-state index in [4.69, 9.17) is 15.0 Å². The Bertz CT molecular complexity index is 3770. The van der Waals surface area contributed by atoms with Crippen LogP contribution in [0.5, 0.6) is 0 Å². The van der Waals surface area contributed by atoms with Gasteiger partial charge in [0.2, 0.25) is 0 Å². The smallest absolute Gasteiger partial charge is 0.164 e. The van der Waals surface area contributed by atoms with E-state index >= 15 is 0 Å². The minimum Gasteiger partial charge on any atom is -0.312 e. The van der Waals surface area contributed by atoms with Crippen LogP contribution in [0.1, 0.15) is 48.2 Å². The molecule has 1 atom stereocenters. The van der Waals surface area contributed by atoms with Crippen LogP contribution >= 0.6 is 0 Å². The zero-order valence-electron chi connectivity index (χ0n) is 38.3. The molecule has 69 heavy (non-hydrogen) atoms. The maximum atomic E-state index is 5.48. The highest BCUT2D eigenvalue weighted by molar-refractivity contribution is 6.10. The molecule has 3 aromatic heterocycles. The molecule has 1 unspecified atom stereocenters. The molecule has 13 rings (SSSR count). The normalized spacial score (nSPS) is 14.0. The van der Waals surface area contributed by atoms with Crippen LogP contribution in [0.15, 0.2) is 212 Å². The summed E-state index contributed by atoms with van der Waals surface area (Å²) in [4.78, 5) is 16.3. The van der Waals surface area contributed by atoms with Gasteiger partial charge in [0.1, 0.15) is 0 Å². The van der Waals surface area contributed by atoms with Crippen molar-refractivity contribution >= 4 is 34.0 Å². The molecule has 5 nitrogen and oxygen atoms in total. The molecule has 0 fully saturated rings. The monoisotopic (exact) mass is 885 g/mol. The number of benzene rings is 8. The van der Waals surface area contributed by atoms with Crippen molar-refractivity contribution in [1.29, 1.82) is 0 Å². The number of nitrogens with zero attached hydrogens (tertiary/aromatic N) is 5. The molecule has 0 saturated heterocycles. The third-order valence-electron chi connectivity index (χ3n) is 14.1. The summed E-state index contributed by atoms with van der Waals surface area (Å²) < 4.78 is 4.95. The van der Waals surface area contributed by atoms with Gasteiger partial charge in [-0.2, -0.15) is 0 Å². The molecule has 0 spiro atoms. The second-order valence-corrected chi connectivity index (χ2v) is 18.3. The van der Waals surface area contributed by atoms with Crippen LogP contribution in [-0.2, 0) is 6.42 Å². The molecule has 2 aliphatic rings. The van der Waals surface area contributed by atoms with Gasteiger partial charge < -0.3 is 9.13 Å². The SMILES string of the molecule is CC1CC=Cc2c3c(n(-c4cc(-c5nc(-c6cccc(-c7ccccc7)c6)nc(-c6ccc(-c7ccccc7)c(-n7c8ccccc8c8ccccc87)c6)n5)ccc4-c4ccccc4)c21)C=CCC3. The van der Waals surface area contributed by atoms with Gasteiger partial charge >= 0.3 is 0 Å². The van der Waals surface area contributed by atoms with Crippen molar-refractivity contribution in [2.45, 2.75) is 32.1 Å². The Hall–Kier alpha value is -8.67. The average Bonchev–Trinajstić information content (AvgIpc) is 3.95. The first-order chi connectivity index (χ1) is 34.1. The number of hydrogen-bond acceptors (Lipinski definition) is 3. The zero-order chi connectivity index (χ0) is 45.8. The minimum absolute atomic E-state index is 0.353. The summed E-state index contributed by atoms with van der Waals surface area (Å²) in [5.74, 6) is 2.19. The van der Waals surface area contributed by atoms with Crippen molar-refractivity contribution in [2.24, 2.45) is 0 Å². The first-order valence-corrected chi connectivity index (χ1v) is 24.1. The summed E-state index contributed by atoms with van der Waals surface area (Å²) in [7, 11) is 0. The fraction of sp³-hybridized carbons (Fsp3) is 0.0781. The zero-order valence-corrected chi connectivity index (χ0v) is 38.3. The minimum atomic E-state index is 0.353. The predicted molar refractivity (Wildman–Crippen MR) is 286 cm³/mol. The topological polar surface area (TPSA) is 48.5 Å². The quantitative estimate of drug-likeness (QED) is 0.153. The molecular formula is C64H47N5. The molecule has 0 amide bonds. The lowest BCUT2D eigenvalue weighted by atomic mass is 9.90. The number of aromatic nitrogens is 5. The van der Waals surface area contributed by atoms with Gasteiger partial charge in [0.05, 0.1) is 22.4 Å². The van der Waals surface area contributed by atoms with Crippen molar-refractivity contribution in [2.75, 3.05) is 0 Å². The van der Waals surface area contributed by atoms with E-state index in [2.05, 4.69) is 241 Å². The van der Waals surface area contributed by atoms with Gasteiger partial charge in [-0.25, -0.2) is 15.0 Å². The van der Waals surface area contributed by atoms with Gasteiger partial charge in [0.25, 0.3) is 0 Å². The van der Waals surface area contributed by atoms with E-state index in [-0.39, 0.29) is 0 Å². The highest BCUT2D eigenvalue weighted by atomic mass is 15.0. The van der Waals surface area contributed by atoms with Crippen LogP contribution < -0.4 is 0 Å². The molecule has 11 aromatic rings. The van der Waals surface area contributed by atoms with E-state index in [1.54, 1.807) is 0 Å². The second kappa shape index (κ2) is 16.9. The summed E-state index contributed by atoms with van der Waals surface area (Å²) in [6, 6.07) is 71.4. The standard InChI is InChI=1S/C64H47N5/c1-42-19-17-31-55-54-30-13-16-34-58(54)69(61(42)55)60-41-49(36-38-51(60)45-24-9-4-10-25-45)64-66-62(47-27-18-26-46(39-47)43-20-5-2-6-21-43)65-63(67-64)48-35-37-50(44-22-7-3-8-23-44)59(40-48)68-56-32-14-11-28-52(56)53-29-12-15-33-57(53)68/h2-12,14-18,20-29,31-42H,13,19,30H2,1H3.